The fraction of sp³-hybridized carbons (Fsp3) is 0.348. The van der Waals surface area contributed by atoms with Gasteiger partial charge in [0.1, 0.15) is 18.5 Å². The molecule has 0 saturated heterocycles. The number of nitrogens with two attached hydrogens (primary N) is 1. The number of anilines is 1. The molecule has 0 bridgehead atoms. The molecule has 1 atom stereocenters. The second-order valence-electron chi connectivity index (χ2n) is 7.26. The van der Waals surface area contributed by atoms with E-state index in [1.165, 1.54) is 5.56 Å². The highest BCUT2D eigenvalue weighted by Crippen LogP contribution is 2.23. The predicted molar refractivity (Wildman–Crippen MR) is 115 cm³/mol. The van der Waals surface area contributed by atoms with Gasteiger partial charge in [-0.1, -0.05) is 18.2 Å². The van der Waals surface area contributed by atoms with Gasteiger partial charge in [0.25, 0.3) is 0 Å². The predicted octanol–water partition coefficient (Wildman–Crippen LogP) is 3.51. The number of nitrogens with zero attached hydrogens (tertiary/aromatic N) is 2. The first-order valence-electron chi connectivity index (χ1n) is 9.79. The number of aliphatic hydroxyl groups is 1. The van der Waals surface area contributed by atoms with Crippen molar-refractivity contribution >= 4 is 16.6 Å². The van der Waals surface area contributed by atoms with E-state index in [0.29, 0.717) is 6.54 Å². The summed E-state index contributed by atoms with van der Waals surface area (Å²) in [6, 6.07) is 17.7. The minimum atomic E-state index is -0.536. The van der Waals surface area contributed by atoms with E-state index < -0.39 is 6.10 Å². The first-order chi connectivity index (χ1) is 13.6. The quantitative estimate of drug-likeness (QED) is 0.417. The second kappa shape index (κ2) is 10.1. The molecule has 28 heavy (non-hydrogen) atoms. The number of unbranched alkanes of at least 4 members (excludes halogenated alkanes) is 1. The van der Waals surface area contributed by atoms with Crippen LogP contribution in [0, 0.1) is 0 Å². The Hall–Kier alpha value is -2.63. The van der Waals surface area contributed by atoms with E-state index >= 15 is 0 Å². The molecule has 148 valence electrons. The second-order valence-corrected chi connectivity index (χ2v) is 7.26. The van der Waals surface area contributed by atoms with E-state index in [1.807, 2.05) is 55.6 Å². The van der Waals surface area contributed by atoms with Gasteiger partial charge in [0.05, 0.1) is 5.52 Å². The van der Waals surface area contributed by atoms with Crippen molar-refractivity contribution in [3.8, 4) is 5.75 Å². The van der Waals surface area contributed by atoms with Crippen molar-refractivity contribution in [3.63, 3.8) is 0 Å². The summed E-state index contributed by atoms with van der Waals surface area (Å²) in [5.74, 6) is 0.759. The first kappa shape index (κ1) is 20.1. The molecule has 0 spiro atoms. The minimum Gasteiger partial charge on any atom is -0.490 e. The molecule has 0 amide bonds. The SMILES string of the molecule is CN(CCCCc1cccc(N)c1)CC(O)COc1cccc2ncccc12. The topological polar surface area (TPSA) is 71.6 Å². The summed E-state index contributed by atoms with van der Waals surface area (Å²) >= 11 is 0. The van der Waals surface area contributed by atoms with Gasteiger partial charge >= 0.3 is 0 Å². The average Bonchev–Trinajstić information content (AvgIpc) is 2.70. The smallest absolute Gasteiger partial charge is 0.128 e. The van der Waals surface area contributed by atoms with Crippen LogP contribution in [0.15, 0.2) is 60.8 Å². The van der Waals surface area contributed by atoms with Gasteiger partial charge in [0.2, 0.25) is 0 Å². The van der Waals surface area contributed by atoms with Crippen molar-refractivity contribution < 1.29 is 9.84 Å². The lowest BCUT2D eigenvalue weighted by Crippen LogP contribution is -2.33. The largest absolute Gasteiger partial charge is 0.490 e. The van der Waals surface area contributed by atoms with Crippen LogP contribution in [0.4, 0.5) is 5.69 Å². The highest BCUT2D eigenvalue weighted by atomic mass is 16.5. The van der Waals surface area contributed by atoms with Crippen molar-refractivity contribution in [2.75, 3.05) is 32.5 Å². The maximum Gasteiger partial charge on any atom is 0.128 e. The number of hydrogen-bond donors (Lipinski definition) is 2. The van der Waals surface area contributed by atoms with E-state index in [4.69, 9.17) is 10.5 Å². The van der Waals surface area contributed by atoms with Crippen LogP contribution in [0.1, 0.15) is 18.4 Å². The first-order valence-corrected chi connectivity index (χ1v) is 9.79. The molecule has 3 rings (SSSR count). The van der Waals surface area contributed by atoms with E-state index in [0.717, 1.165) is 48.1 Å². The zero-order chi connectivity index (χ0) is 19.8. The third kappa shape index (κ3) is 5.94. The number of benzene rings is 2. The van der Waals surface area contributed by atoms with Gasteiger partial charge in [-0.2, -0.15) is 0 Å². The molecule has 5 heteroatoms. The average molecular weight is 380 g/mol. The summed E-state index contributed by atoms with van der Waals surface area (Å²) < 4.78 is 5.85. The van der Waals surface area contributed by atoms with Crippen LogP contribution >= 0.6 is 0 Å². The van der Waals surface area contributed by atoms with Crippen LogP contribution in [0.5, 0.6) is 5.75 Å². The van der Waals surface area contributed by atoms with Crippen LogP contribution in [0.25, 0.3) is 10.9 Å². The molecular weight excluding hydrogens is 350 g/mol. The Kier molecular flexibility index (Phi) is 7.23. The van der Waals surface area contributed by atoms with E-state index in [9.17, 15) is 5.11 Å². The Morgan fingerprint density at radius 1 is 1.11 bits per heavy atom. The number of fused-ring (bicyclic) bond motifs is 1. The molecule has 3 N–H and O–H groups in total. The van der Waals surface area contributed by atoms with Crippen molar-refractivity contribution in [1.82, 2.24) is 9.88 Å². The van der Waals surface area contributed by atoms with E-state index in [2.05, 4.69) is 16.0 Å². The fourth-order valence-electron chi connectivity index (χ4n) is 3.35. The molecule has 0 aliphatic heterocycles. The number of aromatic nitrogens is 1. The summed E-state index contributed by atoms with van der Waals surface area (Å²) in [7, 11) is 2.03. The Balaban J connectivity index is 1.37. The number of pyridine rings is 1. The number of aliphatic hydroxyl groups excluding tert-OH is 1. The zero-order valence-electron chi connectivity index (χ0n) is 16.4. The van der Waals surface area contributed by atoms with Crippen molar-refractivity contribution in [1.29, 1.82) is 0 Å². The number of rotatable bonds is 10. The molecule has 0 fully saturated rings. The van der Waals surface area contributed by atoms with Gasteiger partial charge < -0.3 is 20.5 Å². The zero-order valence-corrected chi connectivity index (χ0v) is 16.4. The third-order valence-electron chi connectivity index (χ3n) is 4.77. The number of likely N-dealkylation sites (N-methyl/N-ethyl adjacent to an activating group) is 1. The fourth-order valence-corrected chi connectivity index (χ4v) is 3.35. The van der Waals surface area contributed by atoms with Crippen LogP contribution in [0.2, 0.25) is 0 Å². The Labute approximate surface area is 166 Å². The lowest BCUT2D eigenvalue weighted by molar-refractivity contribution is 0.0765. The molecule has 0 saturated carbocycles. The molecule has 1 unspecified atom stereocenters. The molecule has 0 radical (unpaired) electrons. The molecule has 3 aromatic rings. The van der Waals surface area contributed by atoms with Crippen LogP contribution < -0.4 is 10.5 Å². The van der Waals surface area contributed by atoms with Gasteiger partial charge in [-0.15, -0.1) is 0 Å². The van der Waals surface area contributed by atoms with Gasteiger partial charge in [-0.3, -0.25) is 4.98 Å². The maximum atomic E-state index is 10.3. The molecule has 1 aromatic heterocycles. The number of aryl methyl sites for hydroxylation is 1. The molecule has 0 aliphatic rings. The van der Waals surface area contributed by atoms with Crippen LogP contribution in [-0.4, -0.2) is 47.8 Å². The van der Waals surface area contributed by atoms with Crippen LogP contribution in [-0.2, 0) is 6.42 Å². The summed E-state index contributed by atoms with van der Waals surface area (Å²) in [6.07, 6.45) is 4.44. The van der Waals surface area contributed by atoms with Crippen molar-refractivity contribution in [3.05, 3.63) is 66.4 Å². The number of hydrogen-bond acceptors (Lipinski definition) is 5. The Morgan fingerprint density at radius 3 is 2.82 bits per heavy atom. The lowest BCUT2D eigenvalue weighted by Gasteiger charge is -2.21. The number of nitrogen functional groups attached to an aromatic ring is 1. The van der Waals surface area contributed by atoms with E-state index in [1.54, 1.807) is 6.20 Å². The van der Waals surface area contributed by atoms with Gasteiger partial charge in [0.15, 0.2) is 0 Å². The monoisotopic (exact) mass is 379 g/mol. The Morgan fingerprint density at radius 2 is 1.96 bits per heavy atom. The van der Waals surface area contributed by atoms with Gasteiger partial charge in [-0.25, -0.2) is 0 Å². The molecule has 5 nitrogen and oxygen atoms in total. The minimum absolute atomic E-state index is 0.266. The highest BCUT2D eigenvalue weighted by Gasteiger charge is 2.10. The lowest BCUT2D eigenvalue weighted by atomic mass is 10.1. The number of ether oxygens (including phenoxy) is 1. The summed E-state index contributed by atoms with van der Waals surface area (Å²) in [4.78, 5) is 6.48. The summed E-state index contributed by atoms with van der Waals surface area (Å²) in [6.45, 7) is 1.79. The van der Waals surface area contributed by atoms with Crippen LogP contribution in [0.3, 0.4) is 0 Å². The molecule has 2 aromatic carbocycles. The molecule has 0 aliphatic carbocycles. The van der Waals surface area contributed by atoms with Crippen molar-refractivity contribution in [2.45, 2.75) is 25.4 Å². The summed E-state index contributed by atoms with van der Waals surface area (Å²) in [5, 5.41) is 11.3. The molecule has 1 heterocycles. The van der Waals surface area contributed by atoms with Gasteiger partial charge in [-0.05, 0) is 74.8 Å². The summed E-state index contributed by atoms with van der Waals surface area (Å²) in [5.41, 5.74) is 8.81. The van der Waals surface area contributed by atoms with E-state index in [-0.39, 0.29) is 6.61 Å². The van der Waals surface area contributed by atoms with Crippen molar-refractivity contribution in [2.24, 2.45) is 0 Å². The molecular formula is C23H29N3O2. The van der Waals surface area contributed by atoms with Gasteiger partial charge in [0, 0.05) is 23.8 Å². The normalized spacial score (nSPS) is 12.4. The third-order valence-corrected chi connectivity index (χ3v) is 4.77. The standard InChI is InChI=1S/C23H29N3O2/c1-26(14-3-2-7-18-8-4-9-19(24)15-18)16-20(27)17-28-23-12-5-11-22-21(23)10-6-13-25-22/h4-6,8-13,15,20,27H,2-3,7,14,16-17,24H2,1H3. The highest BCUT2D eigenvalue weighted by molar-refractivity contribution is 5.84. The Bertz CT molecular complexity index is 879. The maximum absolute atomic E-state index is 10.3.